The molecule has 2 N–H and O–H groups in total. The minimum absolute atomic E-state index is 0.137. The number of carbonyl (C=O) groups excluding carboxylic acids is 1. The molecule has 5 aromatic rings. The van der Waals surface area contributed by atoms with Crippen LogP contribution in [0.3, 0.4) is 0 Å². The van der Waals surface area contributed by atoms with Crippen molar-refractivity contribution < 1.29 is 9.90 Å². The highest BCUT2D eigenvalue weighted by molar-refractivity contribution is 6.07. The molecule has 0 radical (unpaired) electrons. The van der Waals surface area contributed by atoms with Gasteiger partial charge < -0.3 is 24.8 Å². The van der Waals surface area contributed by atoms with Crippen molar-refractivity contribution in [3.05, 3.63) is 64.3 Å². The van der Waals surface area contributed by atoms with E-state index in [1.165, 1.54) is 12.8 Å². The summed E-state index contributed by atoms with van der Waals surface area (Å²) in [4.78, 5) is 37.0. The number of amides is 1. The Morgan fingerprint density at radius 3 is 2.51 bits per heavy atom. The number of nitrogens with one attached hydrogen (secondary N) is 1. The normalized spacial score (nSPS) is 18.3. The van der Waals surface area contributed by atoms with Crippen molar-refractivity contribution in [2.75, 3.05) is 44.2 Å². The van der Waals surface area contributed by atoms with E-state index >= 15 is 0 Å². The molecular formula is C30H32N6O3. The third-order valence-electron chi connectivity index (χ3n) is 8.37. The zero-order valence-electron chi connectivity index (χ0n) is 22.1. The van der Waals surface area contributed by atoms with Crippen LogP contribution in [0, 0.1) is 0 Å². The average molecular weight is 525 g/mol. The lowest BCUT2D eigenvalue weighted by atomic mass is 10.1. The minimum Gasteiger partial charge on any atom is -0.391 e. The number of likely N-dealkylation sites (tertiary alicyclic amines) is 1. The van der Waals surface area contributed by atoms with Gasteiger partial charge in [-0.15, -0.1) is 0 Å². The number of aliphatic hydroxyl groups is 1. The van der Waals surface area contributed by atoms with Gasteiger partial charge in [0.2, 0.25) is 5.43 Å². The number of nitrogens with zero attached hydrogens (tertiary/aromatic N) is 5. The first kappa shape index (κ1) is 24.1. The first-order valence-corrected chi connectivity index (χ1v) is 13.8. The number of imidazole rings is 1. The molecule has 0 spiro atoms. The molecule has 2 saturated heterocycles. The third kappa shape index (κ3) is 3.95. The van der Waals surface area contributed by atoms with Gasteiger partial charge in [0, 0.05) is 33.2 Å². The number of carbonyl (C=O) groups is 1. The highest BCUT2D eigenvalue weighted by atomic mass is 16.3. The topological polar surface area (TPSA) is 95.1 Å². The average Bonchev–Trinajstić information content (AvgIpc) is 3.68. The van der Waals surface area contributed by atoms with Gasteiger partial charge in [-0.05, 0) is 67.4 Å². The maximum absolute atomic E-state index is 14.0. The lowest BCUT2D eigenvalue weighted by Crippen LogP contribution is -2.36. The van der Waals surface area contributed by atoms with Crippen LogP contribution < -0.4 is 15.6 Å². The van der Waals surface area contributed by atoms with Crippen molar-refractivity contribution in [2.45, 2.75) is 25.4 Å². The maximum atomic E-state index is 14.0. The van der Waals surface area contributed by atoms with E-state index in [2.05, 4.69) is 34.5 Å². The van der Waals surface area contributed by atoms with E-state index in [1.807, 2.05) is 39.1 Å². The monoisotopic (exact) mass is 524 g/mol. The quantitative estimate of drug-likeness (QED) is 0.367. The van der Waals surface area contributed by atoms with E-state index in [0.717, 1.165) is 41.4 Å². The summed E-state index contributed by atoms with van der Waals surface area (Å²) >= 11 is 0. The second kappa shape index (κ2) is 9.36. The minimum atomic E-state index is -0.388. The smallest absolute Gasteiger partial charge is 0.259 e. The molecule has 0 saturated carbocycles. The van der Waals surface area contributed by atoms with Gasteiger partial charge in [-0.2, -0.15) is 0 Å². The summed E-state index contributed by atoms with van der Waals surface area (Å²) in [5.41, 5.74) is 2.66. The SMILES string of the molecule is Cn1c2cc3ccccc3cc2n2c3nc(N4CC[C@@H](O)C4)ccc3c(=O)c(C(=O)NCCN3CCCC3)c12. The molecule has 0 aliphatic carbocycles. The van der Waals surface area contributed by atoms with Crippen LogP contribution >= 0.6 is 0 Å². The number of hydrogen-bond acceptors (Lipinski definition) is 6. The molecule has 39 heavy (non-hydrogen) atoms. The number of anilines is 1. The highest BCUT2D eigenvalue weighted by Gasteiger charge is 2.27. The Morgan fingerprint density at radius 1 is 1.05 bits per heavy atom. The van der Waals surface area contributed by atoms with Crippen molar-refractivity contribution in [2.24, 2.45) is 7.05 Å². The van der Waals surface area contributed by atoms with Gasteiger partial charge in [0.25, 0.3) is 5.91 Å². The van der Waals surface area contributed by atoms with Crippen molar-refractivity contribution in [3.63, 3.8) is 0 Å². The number of benzene rings is 2. The van der Waals surface area contributed by atoms with E-state index in [9.17, 15) is 14.7 Å². The number of pyridine rings is 2. The molecule has 3 aromatic heterocycles. The summed E-state index contributed by atoms with van der Waals surface area (Å²) < 4.78 is 3.90. The molecular weight excluding hydrogens is 492 g/mol. The van der Waals surface area contributed by atoms with Crippen molar-refractivity contribution in [3.8, 4) is 0 Å². The number of rotatable bonds is 5. The zero-order chi connectivity index (χ0) is 26.7. The van der Waals surface area contributed by atoms with Gasteiger partial charge in [-0.1, -0.05) is 24.3 Å². The van der Waals surface area contributed by atoms with Gasteiger partial charge in [0.15, 0.2) is 5.65 Å². The first-order chi connectivity index (χ1) is 19.0. The van der Waals surface area contributed by atoms with Crippen molar-refractivity contribution in [1.82, 2.24) is 24.2 Å². The fraction of sp³-hybridized carbons (Fsp3) is 0.367. The molecule has 7 rings (SSSR count). The molecule has 2 aliphatic rings. The van der Waals surface area contributed by atoms with E-state index in [1.54, 1.807) is 6.07 Å². The number of aryl methyl sites for hydroxylation is 1. The molecule has 9 nitrogen and oxygen atoms in total. The molecule has 0 bridgehead atoms. The number of fused-ring (bicyclic) bond motifs is 6. The lowest BCUT2D eigenvalue weighted by molar-refractivity contribution is 0.0950. The molecule has 2 aliphatic heterocycles. The Bertz CT molecular complexity index is 1820. The number of aliphatic hydroxyl groups excluding tert-OH is 1. The van der Waals surface area contributed by atoms with Gasteiger partial charge in [-0.3, -0.25) is 14.0 Å². The first-order valence-electron chi connectivity index (χ1n) is 13.8. The van der Waals surface area contributed by atoms with E-state index in [4.69, 9.17) is 4.98 Å². The van der Waals surface area contributed by atoms with Gasteiger partial charge in [0.1, 0.15) is 17.0 Å². The second-order valence-corrected chi connectivity index (χ2v) is 10.8. The highest BCUT2D eigenvalue weighted by Crippen LogP contribution is 2.30. The van der Waals surface area contributed by atoms with E-state index in [-0.39, 0.29) is 23.0 Å². The fourth-order valence-corrected chi connectivity index (χ4v) is 6.31. The summed E-state index contributed by atoms with van der Waals surface area (Å²) in [5, 5.41) is 15.7. The van der Waals surface area contributed by atoms with Gasteiger partial charge in [-0.25, -0.2) is 4.98 Å². The van der Waals surface area contributed by atoms with Crippen molar-refractivity contribution in [1.29, 1.82) is 0 Å². The summed E-state index contributed by atoms with van der Waals surface area (Å²) in [6.45, 7) is 4.58. The molecule has 2 aromatic carbocycles. The molecule has 9 heteroatoms. The second-order valence-electron chi connectivity index (χ2n) is 10.8. The number of aromatic nitrogens is 3. The van der Waals surface area contributed by atoms with Crippen LogP contribution in [0.15, 0.2) is 53.3 Å². The van der Waals surface area contributed by atoms with Crippen LogP contribution in [0.4, 0.5) is 5.82 Å². The lowest BCUT2D eigenvalue weighted by Gasteiger charge is -2.18. The Kier molecular flexibility index (Phi) is 5.79. The molecule has 5 heterocycles. The Balaban J connectivity index is 1.45. The number of β-amino-alcohol motifs (C(OH)–C–C–N with tert-alkyl or cyclic N) is 1. The fourth-order valence-electron chi connectivity index (χ4n) is 6.31. The zero-order valence-corrected chi connectivity index (χ0v) is 22.1. The Morgan fingerprint density at radius 2 is 1.79 bits per heavy atom. The summed E-state index contributed by atoms with van der Waals surface area (Å²) in [6, 6.07) is 15.9. The maximum Gasteiger partial charge on any atom is 0.259 e. The van der Waals surface area contributed by atoms with E-state index < -0.39 is 0 Å². The van der Waals surface area contributed by atoms with Gasteiger partial charge in [0.05, 0.1) is 22.5 Å². The van der Waals surface area contributed by atoms with Crippen LogP contribution in [0.2, 0.25) is 0 Å². The Hall–Kier alpha value is -3.95. The van der Waals surface area contributed by atoms with Crippen LogP contribution in [0.1, 0.15) is 29.6 Å². The molecule has 1 amide bonds. The predicted molar refractivity (Wildman–Crippen MR) is 154 cm³/mol. The van der Waals surface area contributed by atoms with Crippen LogP contribution in [0.25, 0.3) is 38.5 Å². The van der Waals surface area contributed by atoms with Crippen molar-refractivity contribution >= 4 is 50.2 Å². The molecule has 2 fully saturated rings. The summed E-state index contributed by atoms with van der Waals surface area (Å²) in [5.74, 6) is 0.355. The third-order valence-corrected chi connectivity index (χ3v) is 8.37. The van der Waals surface area contributed by atoms with E-state index in [0.29, 0.717) is 48.6 Å². The number of hydrogen-bond donors (Lipinski definition) is 2. The van der Waals surface area contributed by atoms with Crippen LogP contribution in [-0.4, -0.2) is 75.2 Å². The largest absolute Gasteiger partial charge is 0.391 e. The van der Waals surface area contributed by atoms with Gasteiger partial charge >= 0.3 is 0 Å². The predicted octanol–water partition coefficient (Wildman–Crippen LogP) is 2.89. The van der Waals surface area contributed by atoms with Crippen LogP contribution in [-0.2, 0) is 7.05 Å². The standard InChI is InChI=1S/C30H32N6O3/c1-33-23-16-19-6-2-3-7-20(19)17-24(23)36-28-22(8-9-25(32-28)35-14-10-21(37)18-35)27(38)26(30(33)36)29(39)31-11-15-34-12-4-5-13-34/h2-3,6-9,16-17,21,37H,4-5,10-15,18H2,1H3,(H,31,39)/t21-/m1/s1. The molecule has 0 unspecified atom stereocenters. The van der Waals surface area contributed by atoms with Crippen LogP contribution in [0.5, 0.6) is 0 Å². The molecule has 200 valence electrons. The summed E-state index contributed by atoms with van der Waals surface area (Å²) in [6.07, 6.45) is 2.68. The summed E-state index contributed by atoms with van der Waals surface area (Å²) in [7, 11) is 1.90. The molecule has 1 atom stereocenters. The Labute approximate surface area is 225 Å².